The summed E-state index contributed by atoms with van der Waals surface area (Å²) in [6.45, 7) is 11.7. The number of aryl methyl sites for hydroxylation is 1. The molecule has 1 heteroatoms. The van der Waals surface area contributed by atoms with Crippen molar-refractivity contribution < 1.29 is 0 Å². The van der Waals surface area contributed by atoms with Crippen LogP contribution in [0.5, 0.6) is 0 Å². The summed E-state index contributed by atoms with van der Waals surface area (Å²) in [4.78, 5) is 1.16. The summed E-state index contributed by atoms with van der Waals surface area (Å²) in [5.41, 5.74) is 5.06. The molecule has 0 aromatic heterocycles. The van der Waals surface area contributed by atoms with Gasteiger partial charge in [0.15, 0.2) is 0 Å². The first-order valence-corrected chi connectivity index (χ1v) is 7.09. The normalized spacial score (nSPS) is 21.1. The molecule has 0 atom stereocenters. The van der Waals surface area contributed by atoms with E-state index in [1.165, 1.54) is 24.0 Å². The second-order valence-electron chi connectivity index (χ2n) is 6.65. The summed E-state index contributed by atoms with van der Waals surface area (Å²) in [5.74, 6) is 0. The van der Waals surface area contributed by atoms with Gasteiger partial charge in [-0.3, -0.25) is 0 Å². The summed E-state index contributed by atoms with van der Waals surface area (Å²) >= 11 is 4.65. The van der Waals surface area contributed by atoms with Gasteiger partial charge in [-0.15, -0.1) is 12.6 Å². The van der Waals surface area contributed by atoms with Gasteiger partial charge in [-0.1, -0.05) is 40.7 Å². The van der Waals surface area contributed by atoms with Gasteiger partial charge in [0.25, 0.3) is 0 Å². The highest BCUT2D eigenvalue weighted by Crippen LogP contribution is 2.46. The minimum Gasteiger partial charge on any atom is -0.143 e. The summed E-state index contributed by atoms with van der Waals surface area (Å²) < 4.78 is 0. The first-order valence-electron chi connectivity index (χ1n) is 6.65. The maximum absolute atomic E-state index is 4.65. The fourth-order valence-electron chi connectivity index (χ4n) is 2.93. The SMILES string of the molecule is CCc1cc2c(cc1S)C(C)(C)CCC2(C)C. The van der Waals surface area contributed by atoms with Crippen molar-refractivity contribution in [1.29, 1.82) is 0 Å². The Kier molecular flexibility index (Phi) is 3.10. The molecule has 2 rings (SSSR count). The van der Waals surface area contributed by atoms with Crippen molar-refractivity contribution in [2.75, 3.05) is 0 Å². The highest BCUT2D eigenvalue weighted by atomic mass is 32.1. The van der Waals surface area contributed by atoms with E-state index >= 15 is 0 Å². The fourth-order valence-corrected chi connectivity index (χ4v) is 3.28. The summed E-state index contributed by atoms with van der Waals surface area (Å²) in [5, 5.41) is 0. The molecule has 0 amide bonds. The van der Waals surface area contributed by atoms with Gasteiger partial charge in [0.2, 0.25) is 0 Å². The van der Waals surface area contributed by atoms with Crippen molar-refractivity contribution in [2.45, 2.75) is 69.6 Å². The number of rotatable bonds is 1. The lowest BCUT2D eigenvalue weighted by Gasteiger charge is -2.42. The van der Waals surface area contributed by atoms with Crippen molar-refractivity contribution in [2.24, 2.45) is 0 Å². The van der Waals surface area contributed by atoms with E-state index in [1.807, 2.05) is 0 Å². The molecule has 0 unspecified atom stereocenters. The maximum Gasteiger partial charge on any atom is 0.00750 e. The Morgan fingerprint density at radius 2 is 1.47 bits per heavy atom. The van der Waals surface area contributed by atoms with Crippen LogP contribution in [-0.4, -0.2) is 0 Å². The molecule has 1 aromatic rings. The van der Waals surface area contributed by atoms with Gasteiger partial charge in [-0.2, -0.15) is 0 Å². The first kappa shape index (κ1) is 13.0. The number of benzene rings is 1. The van der Waals surface area contributed by atoms with E-state index in [0.717, 1.165) is 11.3 Å². The highest BCUT2D eigenvalue weighted by molar-refractivity contribution is 7.80. The largest absolute Gasteiger partial charge is 0.143 e. The Morgan fingerprint density at radius 1 is 1.00 bits per heavy atom. The molecule has 0 heterocycles. The molecule has 1 aliphatic rings. The van der Waals surface area contributed by atoms with Crippen molar-refractivity contribution >= 4 is 12.6 Å². The predicted octanol–water partition coefficient (Wildman–Crippen LogP) is 4.89. The molecule has 0 aliphatic heterocycles. The zero-order chi connectivity index (χ0) is 12.8. The quantitative estimate of drug-likeness (QED) is 0.672. The first-order chi connectivity index (χ1) is 7.78. The summed E-state index contributed by atoms with van der Waals surface area (Å²) in [7, 11) is 0. The third kappa shape index (κ3) is 2.14. The van der Waals surface area contributed by atoms with Crippen LogP contribution in [0.25, 0.3) is 0 Å². The molecule has 0 fully saturated rings. The van der Waals surface area contributed by atoms with Crippen LogP contribution in [0.3, 0.4) is 0 Å². The molecule has 0 saturated heterocycles. The lowest BCUT2D eigenvalue weighted by Crippen LogP contribution is -2.34. The van der Waals surface area contributed by atoms with Gasteiger partial charge >= 0.3 is 0 Å². The molecule has 0 saturated carbocycles. The van der Waals surface area contributed by atoms with Crippen molar-refractivity contribution in [3.05, 3.63) is 28.8 Å². The standard InChI is InChI=1S/C16H24S/c1-6-11-9-12-13(10-14(11)17)16(4,5)8-7-15(12,2)3/h9-10,17H,6-8H2,1-5H3. The monoisotopic (exact) mass is 248 g/mol. The third-order valence-electron chi connectivity index (χ3n) is 4.43. The zero-order valence-electron chi connectivity index (χ0n) is 11.7. The zero-order valence-corrected chi connectivity index (χ0v) is 12.6. The van der Waals surface area contributed by atoms with E-state index in [0.29, 0.717) is 10.8 Å². The molecular formula is C16H24S. The second kappa shape index (κ2) is 4.05. The maximum atomic E-state index is 4.65. The molecule has 0 bridgehead atoms. The average Bonchev–Trinajstić information content (AvgIpc) is 2.24. The number of thiol groups is 1. The molecule has 1 aliphatic carbocycles. The third-order valence-corrected chi connectivity index (χ3v) is 4.85. The smallest absolute Gasteiger partial charge is 0.00750 e. The van der Waals surface area contributed by atoms with Crippen LogP contribution in [-0.2, 0) is 17.3 Å². The Hall–Kier alpha value is -0.430. The highest BCUT2D eigenvalue weighted by Gasteiger charge is 2.37. The lowest BCUT2D eigenvalue weighted by molar-refractivity contribution is 0.331. The van der Waals surface area contributed by atoms with Gasteiger partial charge < -0.3 is 0 Å². The van der Waals surface area contributed by atoms with Gasteiger partial charge in [-0.25, -0.2) is 0 Å². The predicted molar refractivity (Wildman–Crippen MR) is 78.4 cm³/mol. The Labute approximate surface area is 111 Å². The molecular weight excluding hydrogens is 224 g/mol. The van der Waals surface area contributed by atoms with Crippen molar-refractivity contribution in [1.82, 2.24) is 0 Å². The molecule has 0 radical (unpaired) electrons. The number of fused-ring (bicyclic) bond motifs is 1. The van der Waals surface area contributed by atoms with Gasteiger partial charge in [0.05, 0.1) is 0 Å². The van der Waals surface area contributed by atoms with Crippen LogP contribution in [0, 0.1) is 0 Å². The molecule has 94 valence electrons. The van der Waals surface area contributed by atoms with Gasteiger partial charge in [0.1, 0.15) is 0 Å². The topological polar surface area (TPSA) is 0 Å². The minimum absolute atomic E-state index is 0.300. The number of hydrogen-bond acceptors (Lipinski definition) is 1. The Morgan fingerprint density at radius 3 is 1.94 bits per heavy atom. The average molecular weight is 248 g/mol. The van der Waals surface area contributed by atoms with Crippen LogP contribution in [0.1, 0.15) is 64.2 Å². The second-order valence-corrected chi connectivity index (χ2v) is 7.13. The number of hydrogen-bond donors (Lipinski definition) is 1. The fraction of sp³-hybridized carbons (Fsp3) is 0.625. The van der Waals surface area contributed by atoms with Crippen LogP contribution in [0.4, 0.5) is 0 Å². The van der Waals surface area contributed by atoms with E-state index in [1.54, 1.807) is 5.56 Å². The lowest BCUT2D eigenvalue weighted by atomic mass is 9.63. The summed E-state index contributed by atoms with van der Waals surface area (Å²) in [6.07, 6.45) is 3.62. The van der Waals surface area contributed by atoms with Crippen LogP contribution >= 0.6 is 12.6 Å². The van der Waals surface area contributed by atoms with Crippen molar-refractivity contribution in [3.8, 4) is 0 Å². The molecule has 0 N–H and O–H groups in total. The van der Waals surface area contributed by atoms with E-state index in [9.17, 15) is 0 Å². The molecule has 1 aromatic carbocycles. The van der Waals surface area contributed by atoms with Crippen LogP contribution in [0.2, 0.25) is 0 Å². The van der Waals surface area contributed by atoms with E-state index in [-0.39, 0.29) is 0 Å². The van der Waals surface area contributed by atoms with Crippen LogP contribution in [0.15, 0.2) is 17.0 Å². The van der Waals surface area contributed by atoms with Gasteiger partial charge in [-0.05, 0) is 52.8 Å². The van der Waals surface area contributed by atoms with E-state index < -0.39 is 0 Å². The molecule has 0 spiro atoms. The summed E-state index contributed by atoms with van der Waals surface area (Å²) in [6, 6.07) is 4.72. The Balaban J connectivity index is 2.68. The molecule has 17 heavy (non-hydrogen) atoms. The van der Waals surface area contributed by atoms with Gasteiger partial charge in [0, 0.05) is 4.90 Å². The Bertz CT molecular complexity index is 441. The van der Waals surface area contributed by atoms with Crippen LogP contribution < -0.4 is 0 Å². The van der Waals surface area contributed by atoms with E-state index in [2.05, 4.69) is 59.4 Å². The molecule has 0 nitrogen and oxygen atoms in total. The van der Waals surface area contributed by atoms with Crippen molar-refractivity contribution in [3.63, 3.8) is 0 Å². The van der Waals surface area contributed by atoms with E-state index in [4.69, 9.17) is 0 Å². The minimum atomic E-state index is 0.300.